The van der Waals surface area contributed by atoms with E-state index in [0.717, 1.165) is 18.7 Å². The maximum atomic E-state index is 12.4. The third-order valence-electron chi connectivity index (χ3n) is 5.54. The monoisotopic (exact) mass is 404 g/mol. The van der Waals surface area contributed by atoms with Crippen molar-refractivity contribution >= 4 is 5.91 Å². The molecule has 0 bridgehead atoms. The molecule has 0 aliphatic carbocycles. The van der Waals surface area contributed by atoms with Crippen LogP contribution in [0.1, 0.15) is 43.2 Å². The van der Waals surface area contributed by atoms with E-state index in [0.29, 0.717) is 37.6 Å². The van der Waals surface area contributed by atoms with Gasteiger partial charge in [0.2, 0.25) is 17.7 Å². The molecule has 1 saturated heterocycles. The Bertz CT molecular complexity index is 921. The Labute approximate surface area is 177 Å². The van der Waals surface area contributed by atoms with Crippen LogP contribution in [0.3, 0.4) is 0 Å². The van der Waals surface area contributed by atoms with Gasteiger partial charge in [-0.05, 0) is 50.0 Å². The first-order chi connectivity index (χ1) is 14.8. The lowest BCUT2D eigenvalue weighted by Crippen LogP contribution is -2.36. The molecule has 3 aromatic rings. The molecule has 1 fully saturated rings. The molecular weight excluding hydrogens is 376 g/mol. The van der Waals surface area contributed by atoms with E-state index in [-0.39, 0.29) is 11.9 Å². The van der Waals surface area contributed by atoms with E-state index in [1.54, 1.807) is 0 Å². The minimum atomic E-state index is 0.0675. The molecule has 1 atom stereocenters. The quantitative estimate of drug-likeness (QED) is 0.583. The highest BCUT2D eigenvalue weighted by molar-refractivity contribution is 5.75. The van der Waals surface area contributed by atoms with E-state index in [2.05, 4.69) is 44.7 Å². The maximum absolute atomic E-state index is 12.4. The van der Waals surface area contributed by atoms with E-state index in [1.807, 2.05) is 36.4 Å². The molecule has 2 aromatic carbocycles. The van der Waals surface area contributed by atoms with Gasteiger partial charge >= 0.3 is 0 Å². The predicted molar refractivity (Wildman–Crippen MR) is 116 cm³/mol. The first kappa shape index (κ1) is 20.3. The Morgan fingerprint density at radius 1 is 1.00 bits per heavy atom. The summed E-state index contributed by atoms with van der Waals surface area (Å²) in [5.41, 5.74) is 2.17. The summed E-state index contributed by atoms with van der Waals surface area (Å²) in [6, 6.07) is 20.4. The van der Waals surface area contributed by atoms with Gasteiger partial charge in [0, 0.05) is 24.9 Å². The van der Waals surface area contributed by atoms with Gasteiger partial charge in [-0.15, -0.1) is 10.2 Å². The van der Waals surface area contributed by atoms with Gasteiger partial charge in [-0.2, -0.15) is 0 Å². The highest BCUT2D eigenvalue weighted by Crippen LogP contribution is 2.24. The van der Waals surface area contributed by atoms with Gasteiger partial charge in [-0.25, -0.2) is 0 Å². The fraction of sp³-hybridized carbons (Fsp3) is 0.375. The number of carbonyl (C=O) groups excluding carboxylic acids is 1. The fourth-order valence-electron chi connectivity index (χ4n) is 3.94. The number of aromatic nitrogens is 2. The van der Waals surface area contributed by atoms with Crippen LogP contribution in [-0.4, -0.2) is 40.6 Å². The first-order valence-corrected chi connectivity index (χ1v) is 10.7. The van der Waals surface area contributed by atoms with Crippen LogP contribution in [0.4, 0.5) is 0 Å². The molecular formula is C24H28N4O2. The third-order valence-corrected chi connectivity index (χ3v) is 5.54. The van der Waals surface area contributed by atoms with Gasteiger partial charge in [0.05, 0.1) is 6.04 Å². The second-order valence-electron chi connectivity index (χ2n) is 7.69. The van der Waals surface area contributed by atoms with E-state index in [4.69, 9.17) is 4.42 Å². The number of hydrogen-bond acceptors (Lipinski definition) is 5. The van der Waals surface area contributed by atoms with Crippen molar-refractivity contribution in [1.29, 1.82) is 0 Å². The molecule has 0 radical (unpaired) electrons. The summed E-state index contributed by atoms with van der Waals surface area (Å²) in [4.78, 5) is 14.9. The van der Waals surface area contributed by atoms with Gasteiger partial charge in [-0.1, -0.05) is 48.5 Å². The number of amides is 1. The summed E-state index contributed by atoms with van der Waals surface area (Å²) < 4.78 is 5.71. The largest absolute Gasteiger partial charge is 0.421 e. The van der Waals surface area contributed by atoms with Crippen LogP contribution in [0.15, 0.2) is 65.1 Å². The van der Waals surface area contributed by atoms with Gasteiger partial charge in [-0.3, -0.25) is 9.69 Å². The molecule has 1 amide bonds. The molecule has 156 valence electrons. The number of rotatable bonds is 9. The summed E-state index contributed by atoms with van der Waals surface area (Å²) >= 11 is 0. The zero-order valence-corrected chi connectivity index (χ0v) is 17.2. The standard InChI is InChI=1S/C24H28N4O2/c29-22(14-9-15-23-26-27-24(30-23)20-12-5-2-6-13-20)25-18-21(28-16-7-8-17-28)19-10-3-1-4-11-19/h1-6,10-13,21H,7-9,14-18H2,(H,25,29). The summed E-state index contributed by atoms with van der Waals surface area (Å²) in [5.74, 6) is 1.16. The third kappa shape index (κ3) is 5.33. The molecule has 30 heavy (non-hydrogen) atoms. The Morgan fingerprint density at radius 3 is 2.43 bits per heavy atom. The lowest BCUT2D eigenvalue weighted by molar-refractivity contribution is -0.121. The van der Waals surface area contributed by atoms with Crippen molar-refractivity contribution in [3.63, 3.8) is 0 Å². The van der Waals surface area contributed by atoms with Crippen molar-refractivity contribution in [1.82, 2.24) is 20.4 Å². The van der Waals surface area contributed by atoms with Crippen molar-refractivity contribution in [2.45, 2.75) is 38.1 Å². The number of aryl methyl sites for hydroxylation is 1. The summed E-state index contributed by atoms with van der Waals surface area (Å²) in [6.45, 7) is 2.83. The molecule has 1 unspecified atom stereocenters. The summed E-state index contributed by atoms with van der Waals surface area (Å²) in [6.07, 6.45) is 4.19. The predicted octanol–water partition coefficient (Wildman–Crippen LogP) is 4.01. The Balaban J connectivity index is 1.25. The molecule has 4 rings (SSSR count). The minimum Gasteiger partial charge on any atom is -0.421 e. The van der Waals surface area contributed by atoms with Crippen molar-refractivity contribution in [2.75, 3.05) is 19.6 Å². The average molecular weight is 405 g/mol. The van der Waals surface area contributed by atoms with Crippen molar-refractivity contribution < 1.29 is 9.21 Å². The fourth-order valence-corrected chi connectivity index (χ4v) is 3.94. The summed E-state index contributed by atoms with van der Waals surface area (Å²) in [7, 11) is 0. The minimum absolute atomic E-state index is 0.0675. The zero-order valence-electron chi connectivity index (χ0n) is 17.2. The van der Waals surface area contributed by atoms with Crippen molar-refractivity contribution in [2.24, 2.45) is 0 Å². The molecule has 0 spiro atoms. The van der Waals surface area contributed by atoms with Crippen molar-refractivity contribution in [3.05, 3.63) is 72.1 Å². The van der Waals surface area contributed by atoms with Crippen LogP contribution in [0.2, 0.25) is 0 Å². The first-order valence-electron chi connectivity index (χ1n) is 10.7. The van der Waals surface area contributed by atoms with Gasteiger partial charge in [0.15, 0.2) is 0 Å². The highest BCUT2D eigenvalue weighted by Gasteiger charge is 2.23. The van der Waals surface area contributed by atoms with E-state index in [1.165, 1.54) is 18.4 Å². The zero-order chi connectivity index (χ0) is 20.6. The lowest BCUT2D eigenvalue weighted by Gasteiger charge is -2.28. The van der Waals surface area contributed by atoms with E-state index >= 15 is 0 Å². The molecule has 1 aromatic heterocycles. The van der Waals surface area contributed by atoms with Crippen LogP contribution in [0.25, 0.3) is 11.5 Å². The number of benzene rings is 2. The number of hydrogen-bond donors (Lipinski definition) is 1. The second-order valence-corrected chi connectivity index (χ2v) is 7.69. The number of carbonyl (C=O) groups is 1. The number of likely N-dealkylation sites (tertiary alicyclic amines) is 1. The average Bonchev–Trinajstić information content (AvgIpc) is 3.48. The Kier molecular flexibility index (Phi) is 6.87. The normalized spacial score (nSPS) is 15.2. The molecule has 6 nitrogen and oxygen atoms in total. The molecule has 1 aliphatic heterocycles. The van der Waals surface area contributed by atoms with Gasteiger partial charge < -0.3 is 9.73 Å². The number of nitrogens with one attached hydrogen (secondary N) is 1. The number of nitrogens with zero attached hydrogens (tertiary/aromatic N) is 3. The van der Waals surface area contributed by atoms with E-state index in [9.17, 15) is 4.79 Å². The molecule has 1 aliphatic rings. The van der Waals surface area contributed by atoms with Crippen LogP contribution in [0.5, 0.6) is 0 Å². The van der Waals surface area contributed by atoms with Crippen molar-refractivity contribution in [3.8, 4) is 11.5 Å². The molecule has 1 N–H and O–H groups in total. The van der Waals surface area contributed by atoms with Crippen LogP contribution in [-0.2, 0) is 11.2 Å². The lowest BCUT2D eigenvalue weighted by atomic mass is 10.1. The van der Waals surface area contributed by atoms with Crippen LogP contribution < -0.4 is 5.32 Å². The van der Waals surface area contributed by atoms with Crippen LogP contribution >= 0.6 is 0 Å². The Morgan fingerprint density at radius 2 is 1.70 bits per heavy atom. The maximum Gasteiger partial charge on any atom is 0.247 e. The Hall–Kier alpha value is -2.99. The topological polar surface area (TPSA) is 71.3 Å². The second kappa shape index (κ2) is 10.2. The molecule has 2 heterocycles. The molecule has 0 saturated carbocycles. The van der Waals surface area contributed by atoms with E-state index < -0.39 is 0 Å². The van der Waals surface area contributed by atoms with Gasteiger partial charge in [0.25, 0.3) is 0 Å². The molecule has 6 heteroatoms. The SMILES string of the molecule is O=C(CCCc1nnc(-c2ccccc2)o1)NCC(c1ccccc1)N1CCCC1. The van der Waals surface area contributed by atoms with Crippen LogP contribution in [0, 0.1) is 0 Å². The smallest absolute Gasteiger partial charge is 0.247 e. The van der Waals surface area contributed by atoms with Gasteiger partial charge in [0.1, 0.15) is 0 Å². The summed E-state index contributed by atoms with van der Waals surface area (Å²) in [5, 5.41) is 11.3. The highest BCUT2D eigenvalue weighted by atomic mass is 16.4.